The van der Waals surface area contributed by atoms with Crippen molar-refractivity contribution in [2.45, 2.75) is 57.4 Å². The maximum atomic E-state index is 13.0. The molecule has 3 N–H and O–H groups in total. The lowest BCUT2D eigenvalue weighted by Gasteiger charge is -2.38. The maximum absolute atomic E-state index is 13.0. The van der Waals surface area contributed by atoms with E-state index < -0.39 is 22.2 Å². The lowest BCUT2D eigenvalue weighted by Crippen LogP contribution is -2.49. The summed E-state index contributed by atoms with van der Waals surface area (Å²) >= 11 is 11.3. The SMILES string of the molecule is C=CCOc1cc(Cl)c(Cl)cc1C(N[S+]([O-])C(C)(C)C)C1CCN(C(=O)[C@@H](C)N)CC1. The standard InChI is InChI=1S/C22H33Cl2N3O3S/c1-6-11-30-19-13-18(24)17(23)12-16(19)20(26-31(29)22(3,4)5)15-7-9-27(10-8-15)21(28)14(2)25/h6,12-15,20,26H,1,7-11,25H2,2-5H3/t14-,20?,31?/m1/s1. The van der Waals surface area contributed by atoms with Crippen LogP contribution in [0.4, 0.5) is 0 Å². The van der Waals surface area contributed by atoms with Crippen LogP contribution in [0.5, 0.6) is 5.75 Å². The average Bonchev–Trinajstić information content (AvgIpc) is 2.71. The largest absolute Gasteiger partial charge is 0.598 e. The van der Waals surface area contributed by atoms with Gasteiger partial charge in [0.2, 0.25) is 5.91 Å². The smallest absolute Gasteiger partial charge is 0.239 e. The van der Waals surface area contributed by atoms with Gasteiger partial charge < -0.3 is 19.9 Å². The molecule has 1 saturated heterocycles. The first-order valence-corrected chi connectivity index (χ1v) is 12.3. The van der Waals surface area contributed by atoms with Gasteiger partial charge in [0.25, 0.3) is 0 Å². The van der Waals surface area contributed by atoms with E-state index in [1.807, 2.05) is 20.8 Å². The number of nitrogens with one attached hydrogen (secondary N) is 1. The van der Waals surface area contributed by atoms with Gasteiger partial charge >= 0.3 is 0 Å². The van der Waals surface area contributed by atoms with Crippen molar-refractivity contribution in [2.24, 2.45) is 11.7 Å². The van der Waals surface area contributed by atoms with E-state index >= 15 is 0 Å². The van der Waals surface area contributed by atoms with Gasteiger partial charge in [0.1, 0.15) is 17.1 Å². The van der Waals surface area contributed by atoms with E-state index in [0.29, 0.717) is 35.5 Å². The van der Waals surface area contributed by atoms with Crippen LogP contribution in [-0.4, -0.2) is 45.8 Å². The van der Waals surface area contributed by atoms with E-state index in [9.17, 15) is 9.35 Å². The van der Waals surface area contributed by atoms with Crippen LogP contribution in [0, 0.1) is 5.92 Å². The molecule has 1 amide bonds. The predicted molar refractivity (Wildman–Crippen MR) is 129 cm³/mol. The number of carbonyl (C=O) groups excluding carboxylic acids is 1. The Morgan fingerprint density at radius 2 is 1.97 bits per heavy atom. The molecule has 0 aliphatic carbocycles. The summed E-state index contributed by atoms with van der Waals surface area (Å²) in [7, 11) is 0. The van der Waals surface area contributed by atoms with E-state index in [1.165, 1.54) is 0 Å². The summed E-state index contributed by atoms with van der Waals surface area (Å²) < 4.78 is 21.8. The molecule has 0 spiro atoms. The highest BCUT2D eigenvalue weighted by Crippen LogP contribution is 2.40. The highest BCUT2D eigenvalue weighted by Gasteiger charge is 2.37. The zero-order chi connectivity index (χ0) is 23.3. The molecule has 3 atom stereocenters. The first-order chi connectivity index (χ1) is 14.5. The van der Waals surface area contributed by atoms with Crippen LogP contribution in [0.1, 0.15) is 52.1 Å². The monoisotopic (exact) mass is 489 g/mol. The van der Waals surface area contributed by atoms with Crippen molar-refractivity contribution < 1.29 is 14.1 Å². The van der Waals surface area contributed by atoms with Crippen LogP contribution < -0.4 is 15.2 Å². The van der Waals surface area contributed by atoms with Crippen molar-refractivity contribution in [3.05, 3.63) is 40.4 Å². The molecule has 1 aliphatic heterocycles. The molecule has 174 valence electrons. The van der Waals surface area contributed by atoms with Crippen LogP contribution in [0.25, 0.3) is 0 Å². The maximum Gasteiger partial charge on any atom is 0.239 e. The number of amides is 1. The molecule has 1 aromatic carbocycles. The fourth-order valence-electron chi connectivity index (χ4n) is 3.51. The quantitative estimate of drug-likeness (QED) is 0.420. The first kappa shape index (κ1) is 26.3. The molecule has 2 rings (SSSR count). The molecule has 1 fully saturated rings. The van der Waals surface area contributed by atoms with E-state index in [0.717, 1.165) is 18.4 Å². The second kappa shape index (κ2) is 11.3. The molecule has 0 radical (unpaired) electrons. The third-order valence-electron chi connectivity index (χ3n) is 5.25. The van der Waals surface area contributed by atoms with Crippen molar-refractivity contribution in [2.75, 3.05) is 19.7 Å². The number of halogens is 2. The third-order valence-corrected chi connectivity index (χ3v) is 7.55. The van der Waals surface area contributed by atoms with Crippen LogP contribution in [0.15, 0.2) is 24.8 Å². The van der Waals surface area contributed by atoms with Crippen LogP contribution in [-0.2, 0) is 16.2 Å². The van der Waals surface area contributed by atoms with E-state index in [2.05, 4.69) is 11.3 Å². The second-order valence-electron chi connectivity index (χ2n) is 8.83. The number of carbonyl (C=O) groups is 1. The van der Waals surface area contributed by atoms with Gasteiger partial charge in [0, 0.05) is 36.1 Å². The highest BCUT2D eigenvalue weighted by atomic mass is 35.5. The van der Waals surface area contributed by atoms with Gasteiger partial charge in [-0.05, 0) is 52.5 Å². The molecular weight excluding hydrogens is 457 g/mol. The second-order valence-corrected chi connectivity index (χ2v) is 11.6. The molecule has 1 aromatic rings. The number of benzene rings is 1. The lowest BCUT2D eigenvalue weighted by molar-refractivity contribution is -0.133. The fraction of sp³-hybridized carbons (Fsp3) is 0.591. The summed E-state index contributed by atoms with van der Waals surface area (Å²) in [6.45, 7) is 12.6. The molecule has 0 saturated carbocycles. The minimum atomic E-state index is -1.32. The molecule has 1 aliphatic rings. The number of hydrogen-bond acceptors (Lipinski definition) is 5. The number of likely N-dealkylation sites (tertiary alicyclic amines) is 1. The van der Waals surface area contributed by atoms with Crippen LogP contribution >= 0.6 is 23.2 Å². The summed E-state index contributed by atoms with van der Waals surface area (Å²) in [6.07, 6.45) is 3.12. The number of nitrogens with two attached hydrogens (primary N) is 1. The van der Waals surface area contributed by atoms with E-state index in [4.69, 9.17) is 33.7 Å². The lowest BCUT2D eigenvalue weighted by atomic mass is 9.85. The molecule has 0 bridgehead atoms. The van der Waals surface area contributed by atoms with Crippen LogP contribution in [0.3, 0.4) is 0 Å². The normalized spacial score (nSPS) is 18.4. The van der Waals surface area contributed by atoms with E-state index in [-0.39, 0.29) is 17.9 Å². The number of ether oxygens (including phenoxy) is 1. The minimum Gasteiger partial charge on any atom is -0.598 e. The van der Waals surface area contributed by atoms with Crippen molar-refractivity contribution in [3.63, 3.8) is 0 Å². The molecule has 0 aromatic heterocycles. The minimum absolute atomic E-state index is 0.0502. The fourth-order valence-corrected chi connectivity index (χ4v) is 4.74. The van der Waals surface area contributed by atoms with Crippen molar-refractivity contribution >= 4 is 40.5 Å². The Hall–Kier alpha value is -0.960. The average molecular weight is 490 g/mol. The Labute approximate surface area is 198 Å². The van der Waals surface area contributed by atoms with E-state index in [1.54, 1.807) is 30.0 Å². The summed E-state index contributed by atoms with van der Waals surface area (Å²) in [5.41, 5.74) is 6.56. The van der Waals surface area contributed by atoms with Crippen LogP contribution in [0.2, 0.25) is 10.0 Å². The Balaban J connectivity index is 2.37. The van der Waals surface area contributed by atoms with Gasteiger partial charge in [-0.25, -0.2) is 0 Å². The third kappa shape index (κ3) is 7.01. The summed E-state index contributed by atoms with van der Waals surface area (Å²) in [4.78, 5) is 14.1. The Morgan fingerprint density at radius 1 is 1.39 bits per heavy atom. The van der Waals surface area contributed by atoms with Gasteiger partial charge in [0.15, 0.2) is 0 Å². The Bertz CT molecular complexity index is 778. The Morgan fingerprint density at radius 3 is 2.48 bits per heavy atom. The molecule has 2 unspecified atom stereocenters. The number of rotatable bonds is 8. The summed E-state index contributed by atoms with van der Waals surface area (Å²) in [5, 5.41) is 0.790. The molecular formula is C22H33Cl2N3O3S. The zero-order valence-corrected chi connectivity index (χ0v) is 20.9. The zero-order valence-electron chi connectivity index (χ0n) is 18.6. The van der Waals surface area contributed by atoms with Gasteiger partial charge in [-0.2, -0.15) is 0 Å². The van der Waals surface area contributed by atoms with Crippen molar-refractivity contribution in [3.8, 4) is 5.75 Å². The highest BCUT2D eigenvalue weighted by molar-refractivity contribution is 7.90. The molecule has 1 heterocycles. The van der Waals surface area contributed by atoms with Gasteiger partial charge in [0.05, 0.1) is 22.1 Å². The summed E-state index contributed by atoms with van der Waals surface area (Å²) in [5.74, 6) is 0.643. The first-order valence-electron chi connectivity index (χ1n) is 10.4. The molecule has 31 heavy (non-hydrogen) atoms. The van der Waals surface area contributed by atoms with Gasteiger partial charge in [-0.3, -0.25) is 4.79 Å². The summed E-state index contributed by atoms with van der Waals surface area (Å²) in [6, 6.07) is 2.65. The molecule has 9 heteroatoms. The van der Waals surface area contributed by atoms with Crippen molar-refractivity contribution in [1.82, 2.24) is 9.62 Å². The van der Waals surface area contributed by atoms with Crippen molar-refractivity contribution in [1.29, 1.82) is 0 Å². The molecule has 6 nitrogen and oxygen atoms in total. The van der Waals surface area contributed by atoms with Gasteiger partial charge in [-0.1, -0.05) is 35.9 Å². The predicted octanol–water partition coefficient (Wildman–Crippen LogP) is 4.24. The number of nitrogens with zero attached hydrogens (tertiary/aromatic N) is 1. The number of hydrogen-bond donors (Lipinski definition) is 2. The number of piperidine rings is 1. The Kier molecular flexibility index (Phi) is 9.55. The topological polar surface area (TPSA) is 90.6 Å². The van der Waals surface area contributed by atoms with Gasteiger partial charge in [-0.15, -0.1) is 4.72 Å².